The molecular formula is C8H16O7. The molecule has 90 valence electrons. The molecule has 0 saturated heterocycles. The maximum Gasteiger partial charge on any atom is 0.337 e. The number of hydrogen-bond acceptors (Lipinski definition) is 7. The summed E-state index contributed by atoms with van der Waals surface area (Å²) >= 11 is 0. The number of esters is 1. The van der Waals surface area contributed by atoms with Gasteiger partial charge in [-0.05, 0) is 6.92 Å². The normalized spacial score (nSPS) is 19.1. The van der Waals surface area contributed by atoms with Crippen molar-refractivity contribution in [3.63, 3.8) is 0 Å². The topological polar surface area (TPSA) is 127 Å². The second-order valence-corrected chi connectivity index (χ2v) is 2.93. The average Bonchev–Trinajstić information content (AvgIpc) is 2.25. The lowest BCUT2D eigenvalue weighted by molar-refractivity contribution is -0.169. The van der Waals surface area contributed by atoms with Crippen LogP contribution in [0, 0.1) is 0 Å². The molecule has 0 aromatic rings. The Kier molecular flexibility index (Phi) is 6.37. The van der Waals surface area contributed by atoms with Gasteiger partial charge in [0.25, 0.3) is 0 Å². The largest absolute Gasteiger partial charge is 0.464 e. The zero-order valence-electron chi connectivity index (χ0n) is 8.28. The highest BCUT2D eigenvalue weighted by atomic mass is 16.5. The lowest BCUT2D eigenvalue weighted by atomic mass is 10.0. The van der Waals surface area contributed by atoms with Gasteiger partial charge < -0.3 is 30.3 Å². The Bertz CT molecular complexity index is 195. The van der Waals surface area contributed by atoms with Crippen LogP contribution in [0.15, 0.2) is 0 Å². The van der Waals surface area contributed by atoms with Crippen LogP contribution in [-0.4, -0.2) is 69.1 Å². The molecule has 7 nitrogen and oxygen atoms in total. The van der Waals surface area contributed by atoms with E-state index < -0.39 is 37.0 Å². The van der Waals surface area contributed by atoms with E-state index in [1.807, 2.05) is 0 Å². The van der Waals surface area contributed by atoms with Crippen molar-refractivity contribution in [1.82, 2.24) is 0 Å². The van der Waals surface area contributed by atoms with E-state index in [2.05, 4.69) is 4.74 Å². The Morgan fingerprint density at radius 2 is 1.73 bits per heavy atom. The summed E-state index contributed by atoms with van der Waals surface area (Å²) in [5, 5.41) is 44.9. The molecule has 0 spiro atoms. The summed E-state index contributed by atoms with van der Waals surface area (Å²) in [7, 11) is 0. The molecule has 15 heavy (non-hydrogen) atoms. The summed E-state index contributed by atoms with van der Waals surface area (Å²) in [5.74, 6) is -1.10. The summed E-state index contributed by atoms with van der Waals surface area (Å²) in [6, 6.07) is 0. The lowest BCUT2D eigenvalue weighted by Crippen LogP contribution is -2.49. The first-order valence-electron chi connectivity index (χ1n) is 4.45. The molecule has 0 aromatic carbocycles. The van der Waals surface area contributed by atoms with Crippen molar-refractivity contribution in [1.29, 1.82) is 0 Å². The van der Waals surface area contributed by atoms with Gasteiger partial charge in [0.1, 0.15) is 18.3 Å². The molecule has 0 bridgehead atoms. The molecule has 0 fully saturated rings. The minimum Gasteiger partial charge on any atom is -0.464 e. The summed E-state index contributed by atoms with van der Waals surface area (Å²) in [5.41, 5.74) is 0. The van der Waals surface area contributed by atoms with Gasteiger partial charge in [0.15, 0.2) is 6.10 Å². The summed E-state index contributed by atoms with van der Waals surface area (Å²) in [6.45, 7) is 0.727. The van der Waals surface area contributed by atoms with Gasteiger partial charge in [-0.25, -0.2) is 4.79 Å². The van der Waals surface area contributed by atoms with Crippen molar-refractivity contribution < 1.29 is 35.1 Å². The molecular weight excluding hydrogens is 208 g/mol. The van der Waals surface area contributed by atoms with Crippen LogP contribution >= 0.6 is 0 Å². The van der Waals surface area contributed by atoms with Gasteiger partial charge in [-0.3, -0.25) is 0 Å². The molecule has 7 heteroatoms. The Hall–Kier alpha value is -0.730. The molecule has 0 aliphatic heterocycles. The lowest BCUT2D eigenvalue weighted by Gasteiger charge is -2.24. The minimum atomic E-state index is -1.96. The standard InChI is InChI=1S/C8H16O7/c1-2-15-8(14)7(13)6(12)5(11)4(10)3-9/h4-7,9-13H,2-3H2,1H3/t4-,5-,6-,7+/m1/s1. The van der Waals surface area contributed by atoms with Crippen LogP contribution in [0.2, 0.25) is 0 Å². The highest BCUT2D eigenvalue weighted by molar-refractivity contribution is 5.75. The van der Waals surface area contributed by atoms with Crippen LogP contribution < -0.4 is 0 Å². The van der Waals surface area contributed by atoms with Crippen molar-refractivity contribution >= 4 is 5.97 Å². The zero-order chi connectivity index (χ0) is 12.0. The number of aliphatic hydroxyl groups is 5. The molecule has 0 saturated carbocycles. The molecule has 0 aliphatic carbocycles. The van der Waals surface area contributed by atoms with E-state index in [-0.39, 0.29) is 6.61 Å². The highest BCUT2D eigenvalue weighted by Crippen LogP contribution is 2.06. The van der Waals surface area contributed by atoms with Crippen LogP contribution in [0.5, 0.6) is 0 Å². The van der Waals surface area contributed by atoms with Gasteiger partial charge in [-0.2, -0.15) is 0 Å². The van der Waals surface area contributed by atoms with Crippen molar-refractivity contribution in [2.45, 2.75) is 31.3 Å². The molecule has 4 atom stereocenters. The third kappa shape index (κ3) is 4.10. The second kappa shape index (κ2) is 6.70. The van der Waals surface area contributed by atoms with E-state index in [4.69, 9.17) is 20.4 Å². The molecule has 0 amide bonds. The first-order valence-corrected chi connectivity index (χ1v) is 4.45. The van der Waals surface area contributed by atoms with Gasteiger partial charge in [-0.1, -0.05) is 0 Å². The Balaban J connectivity index is 4.29. The van der Waals surface area contributed by atoms with Gasteiger partial charge in [0.05, 0.1) is 13.2 Å². The number of rotatable bonds is 6. The van der Waals surface area contributed by atoms with Crippen LogP contribution in [0.3, 0.4) is 0 Å². The maximum atomic E-state index is 10.9. The van der Waals surface area contributed by atoms with E-state index in [9.17, 15) is 9.90 Å². The van der Waals surface area contributed by atoms with E-state index in [0.29, 0.717) is 0 Å². The van der Waals surface area contributed by atoms with E-state index in [1.54, 1.807) is 0 Å². The van der Waals surface area contributed by atoms with Crippen molar-refractivity contribution in [2.24, 2.45) is 0 Å². The van der Waals surface area contributed by atoms with Crippen molar-refractivity contribution in [3.8, 4) is 0 Å². The summed E-state index contributed by atoms with van der Waals surface area (Å²) in [4.78, 5) is 10.9. The maximum absolute atomic E-state index is 10.9. The number of hydrogen-bond donors (Lipinski definition) is 5. The Morgan fingerprint density at radius 3 is 2.13 bits per heavy atom. The monoisotopic (exact) mass is 224 g/mol. The molecule has 0 aliphatic rings. The van der Waals surface area contributed by atoms with Gasteiger partial charge in [0.2, 0.25) is 0 Å². The van der Waals surface area contributed by atoms with Crippen LogP contribution in [0.1, 0.15) is 6.92 Å². The minimum absolute atomic E-state index is 0.0151. The van der Waals surface area contributed by atoms with Gasteiger partial charge in [-0.15, -0.1) is 0 Å². The predicted octanol–water partition coefficient (Wildman–Crippen LogP) is -3.01. The van der Waals surface area contributed by atoms with Gasteiger partial charge >= 0.3 is 5.97 Å². The fourth-order valence-corrected chi connectivity index (χ4v) is 0.889. The zero-order valence-corrected chi connectivity index (χ0v) is 8.28. The Labute approximate surface area is 86.5 Å². The van der Waals surface area contributed by atoms with Gasteiger partial charge in [0, 0.05) is 0 Å². The molecule has 0 unspecified atom stereocenters. The predicted molar refractivity (Wildman–Crippen MR) is 47.7 cm³/mol. The van der Waals surface area contributed by atoms with E-state index >= 15 is 0 Å². The third-order valence-electron chi connectivity index (χ3n) is 1.78. The molecule has 0 radical (unpaired) electrons. The third-order valence-corrected chi connectivity index (χ3v) is 1.78. The molecule has 5 N–H and O–H groups in total. The summed E-state index contributed by atoms with van der Waals surface area (Å²) in [6.07, 6.45) is -7.33. The average molecular weight is 224 g/mol. The molecule has 0 heterocycles. The SMILES string of the molecule is CCOC(=O)[C@@H](O)[C@H](O)[C@H](O)[C@H](O)CO. The first-order chi connectivity index (χ1) is 6.95. The Morgan fingerprint density at radius 1 is 1.20 bits per heavy atom. The second-order valence-electron chi connectivity index (χ2n) is 2.93. The smallest absolute Gasteiger partial charge is 0.337 e. The number of carbonyl (C=O) groups excluding carboxylic acids is 1. The number of aliphatic hydroxyl groups excluding tert-OH is 5. The molecule has 0 rings (SSSR count). The summed E-state index contributed by atoms with van der Waals surface area (Å²) < 4.78 is 4.38. The highest BCUT2D eigenvalue weighted by Gasteiger charge is 2.34. The van der Waals surface area contributed by atoms with Crippen LogP contribution in [0.4, 0.5) is 0 Å². The number of ether oxygens (including phenoxy) is 1. The number of carbonyl (C=O) groups is 1. The quantitative estimate of drug-likeness (QED) is 0.304. The van der Waals surface area contributed by atoms with Crippen LogP contribution in [-0.2, 0) is 9.53 Å². The fourth-order valence-electron chi connectivity index (χ4n) is 0.889. The van der Waals surface area contributed by atoms with E-state index in [0.717, 1.165) is 0 Å². The van der Waals surface area contributed by atoms with E-state index in [1.165, 1.54) is 6.92 Å². The fraction of sp³-hybridized carbons (Fsp3) is 0.875. The van der Waals surface area contributed by atoms with Crippen molar-refractivity contribution in [3.05, 3.63) is 0 Å². The van der Waals surface area contributed by atoms with Crippen LogP contribution in [0.25, 0.3) is 0 Å². The molecule has 0 aromatic heterocycles. The first kappa shape index (κ1) is 14.3. The van der Waals surface area contributed by atoms with Crippen molar-refractivity contribution in [2.75, 3.05) is 13.2 Å².